The molecule has 1 aromatic carbocycles. The number of carbonyl (C=O) groups is 1. The maximum atomic E-state index is 11.8. The molecule has 0 aliphatic rings. The first-order valence-corrected chi connectivity index (χ1v) is 8.15. The minimum Gasteiger partial charge on any atom is -0.353 e. The minimum absolute atomic E-state index is 0.155. The number of hydrogen-bond acceptors (Lipinski definition) is 2. The summed E-state index contributed by atoms with van der Waals surface area (Å²) in [5.74, 6) is 0.155. The quantitative estimate of drug-likeness (QED) is 0.677. The predicted molar refractivity (Wildman–Crippen MR) is 87.6 cm³/mol. The molecule has 0 radical (unpaired) electrons. The number of rotatable bonds is 9. The Hall–Kier alpha value is -0.870. The van der Waals surface area contributed by atoms with E-state index < -0.39 is 0 Å². The fourth-order valence-corrected chi connectivity index (χ4v) is 2.42. The number of benzene rings is 1. The van der Waals surface area contributed by atoms with Gasteiger partial charge >= 0.3 is 0 Å². The first-order chi connectivity index (χ1) is 9.61. The number of halogens is 1. The third-order valence-electron chi connectivity index (χ3n) is 3.22. The number of nitrogens with one attached hydrogen (secondary N) is 1. The summed E-state index contributed by atoms with van der Waals surface area (Å²) >= 11 is 3.42. The van der Waals surface area contributed by atoms with Crippen LogP contribution in [0.3, 0.4) is 0 Å². The molecule has 0 fully saturated rings. The highest BCUT2D eigenvalue weighted by Crippen LogP contribution is 2.12. The van der Waals surface area contributed by atoms with Gasteiger partial charge in [0.2, 0.25) is 5.91 Å². The van der Waals surface area contributed by atoms with Gasteiger partial charge in [-0.05, 0) is 50.4 Å². The molecule has 1 rings (SSSR count). The van der Waals surface area contributed by atoms with Crippen LogP contribution < -0.4 is 11.1 Å². The van der Waals surface area contributed by atoms with Crippen molar-refractivity contribution in [2.45, 2.75) is 51.5 Å². The van der Waals surface area contributed by atoms with Crippen molar-refractivity contribution in [3.63, 3.8) is 0 Å². The van der Waals surface area contributed by atoms with E-state index in [4.69, 9.17) is 5.73 Å². The van der Waals surface area contributed by atoms with Crippen LogP contribution in [0, 0.1) is 0 Å². The van der Waals surface area contributed by atoms with Crippen molar-refractivity contribution in [1.82, 2.24) is 5.32 Å². The molecule has 1 atom stereocenters. The Kier molecular flexibility index (Phi) is 8.54. The van der Waals surface area contributed by atoms with Gasteiger partial charge in [0.15, 0.2) is 0 Å². The number of amides is 1. The Balaban J connectivity index is 2.19. The van der Waals surface area contributed by atoms with Crippen LogP contribution in [-0.2, 0) is 11.2 Å². The highest BCUT2D eigenvalue weighted by Gasteiger charge is 2.07. The van der Waals surface area contributed by atoms with Gasteiger partial charge < -0.3 is 11.1 Å². The Labute approximate surface area is 130 Å². The summed E-state index contributed by atoms with van der Waals surface area (Å²) in [5, 5.41) is 3.06. The summed E-state index contributed by atoms with van der Waals surface area (Å²) in [6.07, 6.45) is 5.71. The molecule has 1 unspecified atom stereocenters. The van der Waals surface area contributed by atoms with Crippen molar-refractivity contribution in [3.05, 3.63) is 34.3 Å². The molecular weight excluding hydrogens is 316 g/mol. The van der Waals surface area contributed by atoms with Gasteiger partial charge in [-0.2, -0.15) is 0 Å². The number of unbranched alkanes of at least 4 members (excludes halogenated alkanes) is 3. The SMILES string of the molecule is CC(Cc1ccc(Br)cc1)NC(=O)CCCCCCN. The van der Waals surface area contributed by atoms with Gasteiger partial charge in [-0.3, -0.25) is 4.79 Å². The van der Waals surface area contributed by atoms with Gasteiger partial charge in [-0.25, -0.2) is 0 Å². The van der Waals surface area contributed by atoms with Gasteiger partial charge in [0.1, 0.15) is 0 Å². The molecule has 0 saturated heterocycles. The molecular formula is C16H25BrN2O. The Morgan fingerprint density at radius 2 is 1.85 bits per heavy atom. The van der Waals surface area contributed by atoms with E-state index in [-0.39, 0.29) is 11.9 Å². The maximum Gasteiger partial charge on any atom is 0.220 e. The van der Waals surface area contributed by atoms with Crippen LogP contribution in [-0.4, -0.2) is 18.5 Å². The van der Waals surface area contributed by atoms with E-state index in [0.29, 0.717) is 6.42 Å². The van der Waals surface area contributed by atoms with Gasteiger partial charge in [0.05, 0.1) is 0 Å². The molecule has 0 heterocycles. The number of hydrogen-bond donors (Lipinski definition) is 2. The Bertz CT molecular complexity index is 392. The van der Waals surface area contributed by atoms with Crippen molar-refractivity contribution in [2.75, 3.05) is 6.54 Å². The standard InChI is InChI=1S/C16H25BrN2O/c1-13(12-14-7-9-15(17)10-8-14)19-16(20)6-4-2-3-5-11-18/h7-10,13H,2-6,11-12,18H2,1H3,(H,19,20). The Morgan fingerprint density at radius 3 is 2.50 bits per heavy atom. The summed E-state index contributed by atoms with van der Waals surface area (Å²) in [6.45, 7) is 2.80. The van der Waals surface area contributed by atoms with E-state index in [1.807, 2.05) is 19.1 Å². The average Bonchev–Trinajstić information content (AvgIpc) is 2.41. The molecule has 20 heavy (non-hydrogen) atoms. The second kappa shape index (κ2) is 9.94. The predicted octanol–water partition coefficient (Wildman–Crippen LogP) is 3.41. The van der Waals surface area contributed by atoms with Crippen LogP contribution in [0.25, 0.3) is 0 Å². The first-order valence-electron chi connectivity index (χ1n) is 7.35. The smallest absolute Gasteiger partial charge is 0.220 e. The van der Waals surface area contributed by atoms with Gasteiger partial charge in [0.25, 0.3) is 0 Å². The number of carbonyl (C=O) groups excluding carboxylic acids is 1. The van der Waals surface area contributed by atoms with Crippen LogP contribution in [0.4, 0.5) is 0 Å². The summed E-state index contributed by atoms with van der Waals surface area (Å²) in [7, 11) is 0. The fourth-order valence-electron chi connectivity index (χ4n) is 2.16. The third-order valence-corrected chi connectivity index (χ3v) is 3.75. The highest BCUT2D eigenvalue weighted by atomic mass is 79.9. The van der Waals surface area contributed by atoms with E-state index in [0.717, 1.165) is 43.1 Å². The molecule has 3 nitrogen and oxygen atoms in total. The van der Waals surface area contributed by atoms with Crippen LogP contribution in [0.2, 0.25) is 0 Å². The van der Waals surface area contributed by atoms with E-state index in [1.165, 1.54) is 5.56 Å². The molecule has 112 valence electrons. The van der Waals surface area contributed by atoms with Crippen LogP contribution in [0.1, 0.15) is 44.6 Å². The lowest BCUT2D eigenvalue weighted by molar-refractivity contribution is -0.121. The monoisotopic (exact) mass is 340 g/mol. The van der Waals surface area contributed by atoms with Crippen molar-refractivity contribution in [1.29, 1.82) is 0 Å². The molecule has 0 spiro atoms. The fraction of sp³-hybridized carbons (Fsp3) is 0.562. The van der Waals surface area contributed by atoms with Gasteiger partial charge in [-0.1, -0.05) is 40.9 Å². The topological polar surface area (TPSA) is 55.1 Å². The van der Waals surface area contributed by atoms with Crippen LogP contribution in [0.5, 0.6) is 0 Å². The van der Waals surface area contributed by atoms with Gasteiger partial charge in [-0.15, -0.1) is 0 Å². The first kappa shape index (κ1) is 17.2. The molecule has 0 bridgehead atoms. The van der Waals surface area contributed by atoms with Crippen molar-refractivity contribution < 1.29 is 4.79 Å². The van der Waals surface area contributed by atoms with E-state index in [9.17, 15) is 4.79 Å². The van der Waals surface area contributed by atoms with Crippen LogP contribution >= 0.6 is 15.9 Å². The molecule has 4 heteroatoms. The Morgan fingerprint density at radius 1 is 1.20 bits per heavy atom. The molecule has 3 N–H and O–H groups in total. The van der Waals surface area contributed by atoms with Crippen molar-refractivity contribution in [3.8, 4) is 0 Å². The van der Waals surface area contributed by atoms with Crippen LogP contribution in [0.15, 0.2) is 28.7 Å². The molecule has 0 aliphatic carbocycles. The highest BCUT2D eigenvalue weighted by molar-refractivity contribution is 9.10. The molecule has 0 saturated carbocycles. The van der Waals surface area contributed by atoms with E-state index in [1.54, 1.807) is 0 Å². The summed E-state index contributed by atoms with van der Waals surface area (Å²) in [4.78, 5) is 11.8. The van der Waals surface area contributed by atoms with E-state index in [2.05, 4.69) is 33.4 Å². The lowest BCUT2D eigenvalue weighted by atomic mass is 10.1. The molecule has 0 aliphatic heterocycles. The number of nitrogens with two attached hydrogens (primary N) is 1. The second-order valence-electron chi connectivity index (χ2n) is 5.25. The van der Waals surface area contributed by atoms with Gasteiger partial charge in [0, 0.05) is 16.9 Å². The normalized spacial score (nSPS) is 12.2. The van der Waals surface area contributed by atoms with Crippen molar-refractivity contribution in [2.24, 2.45) is 5.73 Å². The summed E-state index contributed by atoms with van der Waals surface area (Å²) in [6, 6.07) is 8.40. The van der Waals surface area contributed by atoms with Crippen molar-refractivity contribution >= 4 is 21.8 Å². The largest absolute Gasteiger partial charge is 0.353 e. The molecule has 0 aromatic heterocycles. The lowest BCUT2D eigenvalue weighted by Crippen LogP contribution is -2.33. The third kappa shape index (κ3) is 7.65. The average molecular weight is 341 g/mol. The molecule has 1 aromatic rings. The minimum atomic E-state index is 0.155. The zero-order valence-electron chi connectivity index (χ0n) is 12.2. The lowest BCUT2D eigenvalue weighted by Gasteiger charge is -2.14. The second-order valence-corrected chi connectivity index (χ2v) is 6.17. The van der Waals surface area contributed by atoms with E-state index >= 15 is 0 Å². The maximum absolute atomic E-state index is 11.8. The zero-order chi connectivity index (χ0) is 14.8. The summed E-state index contributed by atoms with van der Waals surface area (Å²) < 4.78 is 1.08. The zero-order valence-corrected chi connectivity index (χ0v) is 13.8. The molecule has 1 amide bonds. The summed E-state index contributed by atoms with van der Waals surface area (Å²) in [5.41, 5.74) is 6.68.